The molecule has 1 aromatic carbocycles. The maximum Gasteiger partial charge on any atom is 0.119 e. The van der Waals surface area contributed by atoms with Gasteiger partial charge >= 0.3 is 0 Å². The van der Waals surface area contributed by atoms with Crippen LogP contribution < -0.4 is 4.74 Å². The summed E-state index contributed by atoms with van der Waals surface area (Å²) in [4.78, 5) is 0. The van der Waals surface area contributed by atoms with Crippen molar-refractivity contribution in [2.24, 2.45) is 5.92 Å². The lowest BCUT2D eigenvalue weighted by Gasteiger charge is -2.36. The summed E-state index contributed by atoms with van der Waals surface area (Å²) in [6, 6.07) is 9.64. The number of benzene rings is 1. The highest BCUT2D eigenvalue weighted by Gasteiger charge is 2.40. The molecular formula is C14H17NO2. The maximum absolute atomic E-state index is 10.7. The van der Waals surface area contributed by atoms with E-state index in [1.165, 1.54) is 0 Å². The van der Waals surface area contributed by atoms with Crippen molar-refractivity contribution in [2.75, 3.05) is 7.11 Å². The topological polar surface area (TPSA) is 53.2 Å². The van der Waals surface area contributed by atoms with E-state index in [4.69, 9.17) is 4.74 Å². The summed E-state index contributed by atoms with van der Waals surface area (Å²) in [5, 5.41) is 19.9. The Bertz CT molecular complexity index is 438. The molecule has 1 N–H and O–H groups in total. The summed E-state index contributed by atoms with van der Waals surface area (Å²) in [6.45, 7) is 0. The molecule has 1 aliphatic carbocycles. The summed E-state index contributed by atoms with van der Waals surface area (Å²) in [5.41, 5.74) is -0.218. The highest BCUT2D eigenvalue weighted by Crippen LogP contribution is 2.42. The van der Waals surface area contributed by atoms with Gasteiger partial charge in [0, 0.05) is 0 Å². The molecule has 0 radical (unpaired) electrons. The molecule has 0 unspecified atom stereocenters. The second-order valence-corrected chi connectivity index (χ2v) is 4.58. The number of methoxy groups -OCH3 is 1. The van der Waals surface area contributed by atoms with Crippen LogP contribution in [0.4, 0.5) is 0 Å². The third-order valence-corrected chi connectivity index (χ3v) is 3.60. The number of ether oxygens (including phenoxy) is 1. The van der Waals surface area contributed by atoms with Crippen molar-refractivity contribution in [3.05, 3.63) is 29.8 Å². The maximum atomic E-state index is 10.7. The number of aliphatic hydroxyl groups is 1. The Kier molecular flexibility index (Phi) is 3.35. The lowest BCUT2D eigenvalue weighted by atomic mass is 9.72. The average Bonchev–Trinajstić information content (AvgIpc) is 2.39. The Balaban J connectivity index is 2.38. The highest BCUT2D eigenvalue weighted by atomic mass is 16.5. The van der Waals surface area contributed by atoms with Gasteiger partial charge in [0.25, 0.3) is 0 Å². The standard InChI is InChI=1S/C14H17NO2/c1-17-13-7-4-6-11(9-13)14(16)8-3-2-5-12(14)10-15/h4,6-7,9,12,16H,2-3,5,8H2,1H3/t12-,14-/m0/s1. The monoisotopic (exact) mass is 231 g/mol. The molecule has 0 amide bonds. The van der Waals surface area contributed by atoms with E-state index in [9.17, 15) is 10.4 Å². The molecule has 0 heterocycles. The molecule has 0 bridgehead atoms. The largest absolute Gasteiger partial charge is 0.497 e. The summed E-state index contributed by atoms with van der Waals surface area (Å²) < 4.78 is 5.17. The molecule has 0 spiro atoms. The van der Waals surface area contributed by atoms with Crippen molar-refractivity contribution < 1.29 is 9.84 Å². The molecule has 3 heteroatoms. The van der Waals surface area contributed by atoms with Crippen molar-refractivity contribution in [3.63, 3.8) is 0 Å². The minimum atomic E-state index is -1.01. The lowest BCUT2D eigenvalue weighted by molar-refractivity contribution is -0.0325. The van der Waals surface area contributed by atoms with E-state index >= 15 is 0 Å². The van der Waals surface area contributed by atoms with Gasteiger partial charge in [-0.2, -0.15) is 5.26 Å². The first-order valence-electron chi connectivity index (χ1n) is 5.97. The van der Waals surface area contributed by atoms with Gasteiger partial charge in [-0.3, -0.25) is 0 Å². The van der Waals surface area contributed by atoms with Gasteiger partial charge in [0.2, 0.25) is 0 Å². The smallest absolute Gasteiger partial charge is 0.119 e. The van der Waals surface area contributed by atoms with Crippen molar-refractivity contribution in [1.82, 2.24) is 0 Å². The van der Waals surface area contributed by atoms with Crippen molar-refractivity contribution in [2.45, 2.75) is 31.3 Å². The van der Waals surface area contributed by atoms with Crippen LogP contribution in [-0.4, -0.2) is 12.2 Å². The zero-order valence-electron chi connectivity index (χ0n) is 10.0. The van der Waals surface area contributed by atoms with Crippen LogP contribution in [0.15, 0.2) is 24.3 Å². The van der Waals surface area contributed by atoms with Crippen LogP contribution in [0.25, 0.3) is 0 Å². The predicted octanol–water partition coefficient (Wildman–Crippen LogP) is 2.60. The van der Waals surface area contributed by atoms with E-state index in [1.54, 1.807) is 7.11 Å². The van der Waals surface area contributed by atoms with Crippen molar-refractivity contribution in [3.8, 4) is 11.8 Å². The Morgan fingerprint density at radius 3 is 3.00 bits per heavy atom. The first-order valence-corrected chi connectivity index (χ1v) is 5.97. The normalized spacial score (nSPS) is 28.4. The fourth-order valence-corrected chi connectivity index (χ4v) is 2.57. The van der Waals surface area contributed by atoms with Crippen LogP contribution in [0.2, 0.25) is 0 Å². The molecule has 1 saturated carbocycles. The fraction of sp³-hybridized carbons (Fsp3) is 0.500. The third kappa shape index (κ3) is 2.13. The van der Waals surface area contributed by atoms with Crippen LogP contribution >= 0.6 is 0 Å². The fourth-order valence-electron chi connectivity index (χ4n) is 2.57. The summed E-state index contributed by atoms with van der Waals surface area (Å²) in [6.07, 6.45) is 3.40. The average molecular weight is 231 g/mol. The number of hydrogen-bond donors (Lipinski definition) is 1. The molecule has 1 aromatic rings. The van der Waals surface area contributed by atoms with Crippen LogP contribution in [-0.2, 0) is 5.60 Å². The molecular weight excluding hydrogens is 214 g/mol. The van der Waals surface area contributed by atoms with E-state index in [-0.39, 0.29) is 5.92 Å². The molecule has 17 heavy (non-hydrogen) atoms. The number of hydrogen-bond acceptors (Lipinski definition) is 3. The van der Waals surface area contributed by atoms with Gasteiger partial charge in [-0.1, -0.05) is 25.0 Å². The quantitative estimate of drug-likeness (QED) is 0.851. The van der Waals surface area contributed by atoms with E-state index in [0.29, 0.717) is 6.42 Å². The predicted molar refractivity (Wildman–Crippen MR) is 64.5 cm³/mol. The number of nitrogens with zero attached hydrogens (tertiary/aromatic N) is 1. The van der Waals surface area contributed by atoms with Crippen LogP contribution in [0.1, 0.15) is 31.2 Å². The first kappa shape index (κ1) is 11.9. The molecule has 0 aliphatic heterocycles. The van der Waals surface area contributed by atoms with Gasteiger partial charge in [0.05, 0.1) is 19.1 Å². The SMILES string of the molecule is COc1cccc([C@@]2(O)CCCC[C@H]2C#N)c1. The molecule has 3 nitrogen and oxygen atoms in total. The third-order valence-electron chi connectivity index (χ3n) is 3.60. The number of nitriles is 1. The van der Waals surface area contributed by atoms with E-state index in [1.807, 2.05) is 24.3 Å². The van der Waals surface area contributed by atoms with Gasteiger partial charge in [0.1, 0.15) is 11.4 Å². The van der Waals surface area contributed by atoms with Crippen LogP contribution in [0.3, 0.4) is 0 Å². The molecule has 0 saturated heterocycles. The van der Waals surface area contributed by atoms with Gasteiger partial charge in [-0.05, 0) is 30.5 Å². The second-order valence-electron chi connectivity index (χ2n) is 4.58. The second kappa shape index (κ2) is 4.77. The zero-order chi connectivity index (χ0) is 12.3. The van der Waals surface area contributed by atoms with Crippen molar-refractivity contribution >= 4 is 0 Å². The Morgan fingerprint density at radius 2 is 2.29 bits per heavy atom. The highest BCUT2D eigenvalue weighted by molar-refractivity contribution is 5.34. The van der Waals surface area contributed by atoms with Crippen LogP contribution in [0.5, 0.6) is 5.75 Å². The Hall–Kier alpha value is -1.53. The summed E-state index contributed by atoms with van der Waals surface area (Å²) in [5.74, 6) is 0.404. The van der Waals surface area contributed by atoms with Crippen molar-refractivity contribution in [1.29, 1.82) is 5.26 Å². The molecule has 0 aromatic heterocycles. The molecule has 90 valence electrons. The first-order chi connectivity index (χ1) is 8.20. The van der Waals surface area contributed by atoms with Gasteiger partial charge in [-0.15, -0.1) is 0 Å². The van der Waals surface area contributed by atoms with Gasteiger partial charge in [0.15, 0.2) is 0 Å². The molecule has 1 fully saturated rings. The Morgan fingerprint density at radius 1 is 1.47 bits per heavy atom. The lowest BCUT2D eigenvalue weighted by Crippen LogP contribution is -2.37. The Labute approximate surface area is 102 Å². The van der Waals surface area contributed by atoms with E-state index in [2.05, 4.69) is 6.07 Å². The molecule has 2 rings (SSSR count). The summed E-state index contributed by atoms with van der Waals surface area (Å²) >= 11 is 0. The van der Waals surface area contributed by atoms with E-state index in [0.717, 1.165) is 30.6 Å². The van der Waals surface area contributed by atoms with Gasteiger partial charge < -0.3 is 9.84 Å². The van der Waals surface area contributed by atoms with Gasteiger partial charge in [-0.25, -0.2) is 0 Å². The number of rotatable bonds is 2. The van der Waals surface area contributed by atoms with E-state index < -0.39 is 5.60 Å². The molecule has 1 aliphatic rings. The minimum Gasteiger partial charge on any atom is -0.497 e. The van der Waals surface area contributed by atoms with Crippen LogP contribution in [0, 0.1) is 17.2 Å². The zero-order valence-corrected chi connectivity index (χ0v) is 10.0. The summed E-state index contributed by atoms with van der Waals surface area (Å²) in [7, 11) is 1.60. The minimum absolute atomic E-state index is 0.316. The molecule has 2 atom stereocenters.